The molecule has 0 saturated carbocycles. The van der Waals surface area contributed by atoms with Gasteiger partial charge >= 0.3 is 0 Å². The molecule has 30 heavy (non-hydrogen) atoms. The second kappa shape index (κ2) is 11.4. The first-order valence-corrected chi connectivity index (χ1v) is 10.2. The molecule has 4 heteroatoms. The van der Waals surface area contributed by atoms with E-state index in [-0.39, 0.29) is 11.8 Å². The molecule has 0 aliphatic rings. The van der Waals surface area contributed by atoms with Crippen LogP contribution in [0, 0.1) is 0 Å². The molecule has 0 aromatic heterocycles. The maximum Gasteiger partial charge on any atom is 0.251 e. The predicted molar refractivity (Wildman–Crippen MR) is 122 cm³/mol. The highest BCUT2D eigenvalue weighted by Crippen LogP contribution is 2.11. The number of aryl methyl sites for hydroxylation is 1. The molecule has 152 valence electrons. The van der Waals surface area contributed by atoms with Gasteiger partial charge in [0.05, 0.1) is 0 Å². The van der Waals surface area contributed by atoms with Crippen LogP contribution < -0.4 is 10.6 Å². The van der Waals surface area contributed by atoms with Crippen molar-refractivity contribution in [2.45, 2.75) is 19.3 Å². The normalized spacial score (nSPS) is 10.7. The Morgan fingerprint density at radius 3 is 2.30 bits per heavy atom. The predicted octanol–water partition coefficient (Wildman–Crippen LogP) is 5.09. The van der Waals surface area contributed by atoms with Gasteiger partial charge in [-0.25, -0.2) is 0 Å². The van der Waals surface area contributed by atoms with Crippen molar-refractivity contribution in [2.24, 2.45) is 0 Å². The van der Waals surface area contributed by atoms with Crippen molar-refractivity contribution in [2.75, 3.05) is 11.9 Å². The first-order chi connectivity index (χ1) is 14.7. The van der Waals surface area contributed by atoms with Crippen LogP contribution in [-0.4, -0.2) is 18.4 Å². The number of carbonyl (C=O) groups excluding carboxylic acids is 2. The quantitative estimate of drug-likeness (QED) is 0.390. The van der Waals surface area contributed by atoms with Gasteiger partial charge in [-0.15, -0.1) is 0 Å². The Bertz CT molecular complexity index is 982. The van der Waals surface area contributed by atoms with Crippen molar-refractivity contribution in [3.63, 3.8) is 0 Å². The van der Waals surface area contributed by atoms with Gasteiger partial charge in [-0.05, 0) is 54.7 Å². The third-order valence-corrected chi connectivity index (χ3v) is 4.64. The molecule has 0 spiro atoms. The maximum atomic E-state index is 12.4. The number of amides is 2. The number of benzene rings is 3. The van der Waals surface area contributed by atoms with Gasteiger partial charge in [0.25, 0.3) is 5.91 Å². The number of carbonyl (C=O) groups is 2. The fourth-order valence-electron chi connectivity index (χ4n) is 3.06. The highest BCUT2D eigenvalue weighted by atomic mass is 16.2. The smallest absolute Gasteiger partial charge is 0.251 e. The fourth-order valence-corrected chi connectivity index (χ4v) is 3.06. The largest absolute Gasteiger partial charge is 0.352 e. The van der Waals surface area contributed by atoms with Crippen molar-refractivity contribution in [1.29, 1.82) is 0 Å². The first-order valence-electron chi connectivity index (χ1n) is 10.2. The summed E-state index contributed by atoms with van der Waals surface area (Å²) >= 11 is 0. The summed E-state index contributed by atoms with van der Waals surface area (Å²) in [6.45, 7) is 0.627. The van der Waals surface area contributed by atoms with Crippen molar-refractivity contribution in [1.82, 2.24) is 5.32 Å². The molecule has 0 aliphatic heterocycles. The molecule has 2 N–H and O–H groups in total. The molecule has 0 bridgehead atoms. The molecule has 3 aromatic carbocycles. The molecule has 3 aromatic rings. The van der Waals surface area contributed by atoms with Gasteiger partial charge in [0, 0.05) is 23.9 Å². The summed E-state index contributed by atoms with van der Waals surface area (Å²) in [5.74, 6) is -0.372. The summed E-state index contributed by atoms with van der Waals surface area (Å²) in [6.07, 6.45) is 6.18. The summed E-state index contributed by atoms with van der Waals surface area (Å²) < 4.78 is 0. The zero-order chi connectivity index (χ0) is 21.0. The first kappa shape index (κ1) is 21.1. The Morgan fingerprint density at radius 2 is 1.53 bits per heavy atom. The van der Waals surface area contributed by atoms with E-state index in [1.165, 1.54) is 11.6 Å². The highest BCUT2D eigenvalue weighted by Gasteiger charge is 2.06. The minimum Gasteiger partial charge on any atom is -0.352 e. The molecule has 0 fully saturated rings. The zero-order valence-electron chi connectivity index (χ0n) is 16.9. The van der Waals surface area contributed by atoms with Gasteiger partial charge in [0.15, 0.2) is 0 Å². The summed E-state index contributed by atoms with van der Waals surface area (Å²) in [7, 11) is 0. The molecule has 0 atom stereocenters. The average Bonchev–Trinajstić information content (AvgIpc) is 2.79. The van der Waals surface area contributed by atoms with Crippen molar-refractivity contribution in [3.05, 3.63) is 108 Å². The van der Waals surface area contributed by atoms with Crippen LogP contribution in [-0.2, 0) is 11.2 Å². The second-order valence-electron chi connectivity index (χ2n) is 7.01. The standard InChI is InChI=1S/C26H26N2O2/c29-25(18-17-22-12-5-2-6-13-22)28-24-16-9-15-23(20-24)26(30)27-19-8-7-14-21-10-3-1-4-11-21/h1-6,9-13,15-18,20H,7-8,14,19H2,(H,27,30)(H,28,29)/b18-17+. The van der Waals surface area contributed by atoms with Crippen LogP contribution in [0.15, 0.2) is 91.0 Å². The molecule has 0 aliphatic carbocycles. The molecule has 2 amide bonds. The Labute approximate surface area is 177 Å². The Morgan fingerprint density at radius 1 is 0.800 bits per heavy atom. The summed E-state index contributed by atoms with van der Waals surface area (Å²) in [6, 6.07) is 26.9. The van der Waals surface area contributed by atoms with E-state index in [9.17, 15) is 9.59 Å². The molecule has 0 heterocycles. The lowest BCUT2D eigenvalue weighted by Gasteiger charge is -2.08. The van der Waals surface area contributed by atoms with E-state index in [0.29, 0.717) is 17.8 Å². The Kier molecular flexibility index (Phi) is 7.98. The highest BCUT2D eigenvalue weighted by molar-refractivity contribution is 6.03. The van der Waals surface area contributed by atoms with E-state index in [2.05, 4.69) is 22.8 Å². The maximum absolute atomic E-state index is 12.4. The average molecular weight is 399 g/mol. The van der Waals surface area contributed by atoms with Gasteiger partial charge in [-0.3, -0.25) is 9.59 Å². The van der Waals surface area contributed by atoms with Crippen molar-refractivity contribution >= 4 is 23.6 Å². The number of hydrogen-bond donors (Lipinski definition) is 2. The fraction of sp³-hybridized carbons (Fsp3) is 0.154. The van der Waals surface area contributed by atoms with E-state index in [4.69, 9.17) is 0 Å². The number of anilines is 1. The third-order valence-electron chi connectivity index (χ3n) is 4.64. The molecular weight excluding hydrogens is 372 g/mol. The Hall–Kier alpha value is -3.66. The van der Waals surface area contributed by atoms with Crippen LogP contribution in [0.1, 0.15) is 34.3 Å². The van der Waals surface area contributed by atoms with Crippen molar-refractivity contribution in [3.8, 4) is 0 Å². The van der Waals surface area contributed by atoms with E-state index in [0.717, 1.165) is 24.8 Å². The van der Waals surface area contributed by atoms with E-state index < -0.39 is 0 Å². The molecular formula is C26H26N2O2. The van der Waals surface area contributed by atoms with Gasteiger partial charge in [0.2, 0.25) is 5.91 Å². The van der Waals surface area contributed by atoms with Crippen LogP contribution in [0.4, 0.5) is 5.69 Å². The molecule has 0 radical (unpaired) electrons. The zero-order valence-corrected chi connectivity index (χ0v) is 16.9. The summed E-state index contributed by atoms with van der Waals surface area (Å²) in [4.78, 5) is 24.5. The summed E-state index contributed by atoms with van der Waals surface area (Å²) in [5, 5.41) is 5.74. The van der Waals surface area contributed by atoms with E-state index >= 15 is 0 Å². The number of rotatable bonds is 9. The molecule has 3 rings (SSSR count). The van der Waals surface area contributed by atoms with E-state index in [1.807, 2.05) is 48.5 Å². The monoisotopic (exact) mass is 398 g/mol. The van der Waals surface area contributed by atoms with Crippen LogP contribution in [0.2, 0.25) is 0 Å². The topological polar surface area (TPSA) is 58.2 Å². The number of unbranched alkanes of at least 4 members (excludes halogenated alkanes) is 1. The lowest BCUT2D eigenvalue weighted by atomic mass is 10.1. The second-order valence-corrected chi connectivity index (χ2v) is 7.01. The molecule has 0 unspecified atom stereocenters. The van der Waals surface area contributed by atoms with E-state index in [1.54, 1.807) is 30.3 Å². The van der Waals surface area contributed by atoms with Crippen LogP contribution >= 0.6 is 0 Å². The lowest BCUT2D eigenvalue weighted by Crippen LogP contribution is -2.24. The lowest BCUT2D eigenvalue weighted by molar-refractivity contribution is -0.111. The Balaban J connectivity index is 1.44. The molecule has 4 nitrogen and oxygen atoms in total. The number of hydrogen-bond acceptors (Lipinski definition) is 2. The van der Waals surface area contributed by atoms with Gasteiger partial charge in [0.1, 0.15) is 0 Å². The summed E-state index contributed by atoms with van der Waals surface area (Å²) in [5.41, 5.74) is 3.39. The third kappa shape index (κ3) is 7.06. The minimum atomic E-state index is -0.239. The number of nitrogens with one attached hydrogen (secondary N) is 2. The van der Waals surface area contributed by atoms with Gasteiger partial charge in [-0.1, -0.05) is 66.7 Å². The minimum absolute atomic E-state index is 0.134. The van der Waals surface area contributed by atoms with Crippen LogP contribution in [0.5, 0.6) is 0 Å². The van der Waals surface area contributed by atoms with Crippen LogP contribution in [0.3, 0.4) is 0 Å². The molecule has 0 saturated heterocycles. The van der Waals surface area contributed by atoms with Crippen molar-refractivity contribution < 1.29 is 9.59 Å². The van der Waals surface area contributed by atoms with Gasteiger partial charge in [-0.2, -0.15) is 0 Å². The van der Waals surface area contributed by atoms with Gasteiger partial charge < -0.3 is 10.6 Å². The van der Waals surface area contributed by atoms with Crippen LogP contribution in [0.25, 0.3) is 6.08 Å². The SMILES string of the molecule is O=C(/C=C/c1ccccc1)Nc1cccc(C(=O)NCCCCc2ccccc2)c1.